The van der Waals surface area contributed by atoms with Gasteiger partial charge in [0.15, 0.2) is 6.10 Å². The number of amides is 7. The Hall–Kier alpha value is -5.77. The van der Waals surface area contributed by atoms with Crippen molar-refractivity contribution < 1.29 is 43.0 Å². The van der Waals surface area contributed by atoms with Crippen LogP contribution >= 0.6 is 0 Å². The van der Waals surface area contributed by atoms with Crippen LogP contribution in [-0.2, 0) is 51.2 Å². The molecular weight excluding hydrogens is 734 g/mol. The highest BCUT2D eigenvalue weighted by molar-refractivity contribution is 5.97. The molecule has 57 heavy (non-hydrogen) atoms. The van der Waals surface area contributed by atoms with E-state index in [1.54, 1.807) is 0 Å². The average Bonchev–Trinajstić information content (AvgIpc) is 4.00. The van der Waals surface area contributed by atoms with Gasteiger partial charge in [0.25, 0.3) is 5.91 Å². The number of nitrogens with one attached hydrogen (secondary N) is 5. The molecule has 7 N–H and O–H groups in total. The minimum Gasteiger partial charge on any atom is -0.469 e. The van der Waals surface area contributed by atoms with Gasteiger partial charge < -0.3 is 46.7 Å². The standard InChI is InChI=1S/C41H53N7O9/c1-25-12-14-26(15-13-25)23-44-36(50)30(10-7-20-43-41(42)55)45-37(51)32(22-28-17-16-27-8-3-4-9-29(27)28)47-38(52)33-11-5-6-21-48(33)40(54)31(18-19-35(49)56-2)46-39(53)34-24-57-34/h3-4,8-9,12-15,17,30-34H,5-7,10-11,16,18-24H2,1-2H3,(H,44,50)(H,45,51)(H,46,53)(H,47,52)(H3,42,43,55)/t30-,31-,32-,33-,34?/m0/s1. The number of nitrogens with two attached hydrogens (primary N) is 1. The van der Waals surface area contributed by atoms with E-state index in [2.05, 4.69) is 26.6 Å². The van der Waals surface area contributed by atoms with Gasteiger partial charge in [-0.25, -0.2) is 4.79 Å². The van der Waals surface area contributed by atoms with Gasteiger partial charge in [0.1, 0.15) is 24.2 Å². The lowest BCUT2D eigenvalue weighted by Crippen LogP contribution is -2.60. The number of primary amides is 1. The summed E-state index contributed by atoms with van der Waals surface area (Å²) in [6.07, 6.45) is 3.93. The summed E-state index contributed by atoms with van der Waals surface area (Å²) in [5, 5.41) is 13.8. The third-order valence-electron chi connectivity index (χ3n) is 10.4. The number of urea groups is 1. The third-order valence-corrected chi connectivity index (χ3v) is 10.4. The maximum Gasteiger partial charge on any atom is 0.312 e. The predicted molar refractivity (Wildman–Crippen MR) is 209 cm³/mol. The molecule has 2 fully saturated rings. The number of nitrogens with zero attached hydrogens (tertiary/aromatic N) is 1. The number of fused-ring (bicyclic) bond motifs is 1. The fourth-order valence-corrected chi connectivity index (χ4v) is 7.08. The van der Waals surface area contributed by atoms with E-state index >= 15 is 0 Å². The topological polar surface area (TPSA) is 231 Å². The summed E-state index contributed by atoms with van der Waals surface area (Å²) >= 11 is 0. The van der Waals surface area contributed by atoms with Crippen molar-refractivity contribution in [2.45, 2.75) is 102 Å². The fraction of sp³-hybridized carbons (Fsp3) is 0.488. The molecule has 5 rings (SSSR count). The quantitative estimate of drug-likeness (QED) is 0.0684. The second kappa shape index (κ2) is 20.4. The van der Waals surface area contributed by atoms with Crippen molar-refractivity contribution in [1.29, 1.82) is 0 Å². The zero-order valence-corrected chi connectivity index (χ0v) is 32.5. The van der Waals surface area contributed by atoms with Crippen LogP contribution in [0.4, 0.5) is 4.79 Å². The van der Waals surface area contributed by atoms with Crippen LogP contribution in [0.15, 0.2) is 54.6 Å². The molecule has 306 valence electrons. The lowest BCUT2D eigenvalue weighted by molar-refractivity contribution is -0.147. The number of hydrogen-bond donors (Lipinski definition) is 6. The first-order valence-electron chi connectivity index (χ1n) is 19.5. The monoisotopic (exact) mass is 787 g/mol. The number of carbonyl (C=O) groups is 7. The highest BCUT2D eigenvalue weighted by Crippen LogP contribution is 2.31. The summed E-state index contributed by atoms with van der Waals surface area (Å²) in [5.74, 6) is -3.19. The van der Waals surface area contributed by atoms with Crippen molar-refractivity contribution in [3.63, 3.8) is 0 Å². The molecule has 2 heterocycles. The van der Waals surface area contributed by atoms with Crippen LogP contribution in [0, 0.1) is 6.92 Å². The lowest BCUT2D eigenvalue weighted by atomic mass is 9.96. The number of rotatable bonds is 19. The Bertz CT molecular complexity index is 1830. The van der Waals surface area contributed by atoms with Gasteiger partial charge in [-0.1, -0.05) is 60.2 Å². The van der Waals surface area contributed by atoms with Gasteiger partial charge in [-0.05, 0) is 74.1 Å². The normalized spacial score (nSPS) is 18.4. The molecule has 3 aliphatic rings. The van der Waals surface area contributed by atoms with Gasteiger partial charge in [-0.2, -0.15) is 0 Å². The molecule has 2 aromatic rings. The summed E-state index contributed by atoms with van der Waals surface area (Å²) in [4.78, 5) is 93.7. The largest absolute Gasteiger partial charge is 0.469 e. The zero-order chi connectivity index (χ0) is 40.9. The first-order chi connectivity index (χ1) is 27.4. The second-order valence-corrected chi connectivity index (χ2v) is 14.6. The smallest absolute Gasteiger partial charge is 0.312 e. The number of allylic oxidation sites excluding steroid dienone is 1. The summed E-state index contributed by atoms with van der Waals surface area (Å²) in [7, 11) is 1.23. The molecule has 0 bridgehead atoms. The maximum atomic E-state index is 14.3. The highest BCUT2D eigenvalue weighted by atomic mass is 16.6. The van der Waals surface area contributed by atoms with Gasteiger partial charge >= 0.3 is 12.0 Å². The number of epoxide rings is 1. The Morgan fingerprint density at radius 3 is 2.33 bits per heavy atom. The third kappa shape index (κ3) is 12.4. The molecule has 16 nitrogen and oxygen atoms in total. The van der Waals surface area contributed by atoms with Crippen molar-refractivity contribution in [1.82, 2.24) is 31.5 Å². The molecule has 16 heteroatoms. The fourth-order valence-electron chi connectivity index (χ4n) is 7.08. The Balaban J connectivity index is 1.35. The maximum absolute atomic E-state index is 14.3. The van der Waals surface area contributed by atoms with Gasteiger partial charge in [-0.3, -0.25) is 28.8 Å². The molecule has 2 saturated heterocycles. The number of aryl methyl sites for hydroxylation is 1. The number of ether oxygens (including phenoxy) is 2. The van der Waals surface area contributed by atoms with Gasteiger partial charge in [0, 0.05) is 32.5 Å². The van der Waals surface area contributed by atoms with Crippen LogP contribution in [0.1, 0.15) is 73.6 Å². The Morgan fingerprint density at radius 2 is 1.61 bits per heavy atom. The number of methoxy groups -OCH3 is 1. The average molecular weight is 788 g/mol. The van der Waals surface area contributed by atoms with E-state index in [1.165, 1.54) is 12.0 Å². The molecule has 2 aliphatic heterocycles. The molecule has 0 aromatic heterocycles. The van der Waals surface area contributed by atoms with Crippen molar-refractivity contribution in [2.24, 2.45) is 5.73 Å². The summed E-state index contributed by atoms with van der Waals surface area (Å²) in [6.45, 7) is 2.80. The Morgan fingerprint density at radius 1 is 0.877 bits per heavy atom. The number of benzene rings is 2. The van der Waals surface area contributed by atoms with Gasteiger partial charge in [0.2, 0.25) is 23.6 Å². The molecule has 7 amide bonds. The van der Waals surface area contributed by atoms with E-state index in [0.29, 0.717) is 32.1 Å². The Labute approximate surface area is 332 Å². The number of hydrogen-bond acceptors (Lipinski definition) is 9. The summed E-state index contributed by atoms with van der Waals surface area (Å²) < 4.78 is 9.83. The minimum absolute atomic E-state index is 0.0459. The van der Waals surface area contributed by atoms with Crippen LogP contribution in [-0.4, -0.2) is 104 Å². The van der Waals surface area contributed by atoms with E-state index < -0.39 is 71.8 Å². The SMILES string of the molecule is COC(=O)CC[C@H](NC(=O)C1CO1)C(=O)N1CCCC[C@H]1C(=O)N[C@@H](CC1=CCc2ccccc21)C(=O)N[C@@H](CCCNC(N)=O)C(=O)NCc1ccc(C)cc1. The number of carbonyl (C=O) groups excluding carboxylic acids is 7. The first-order valence-corrected chi connectivity index (χ1v) is 19.5. The van der Waals surface area contributed by atoms with Crippen LogP contribution in [0.25, 0.3) is 5.57 Å². The van der Waals surface area contributed by atoms with E-state index in [-0.39, 0.29) is 51.9 Å². The number of esters is 1. The van der Waals surface area contributed by atoms with Crippen LogP contribution in [0.2, 0.25) is 0 Å². The van der Waals surface area contributed by atoms with E-state index in [0.717, 1.165) is 27.8 Å². The number of likely N-dealkylation sites (tertiary alicyclic amines) is 1. The van der Waals surface area contributed by atoms with Gasteiger partial charge in [-0.15, -0.1) is 0 Å². The van der Waals surface area contributed by atoms with Crippen LogP contribution in [0.5, 0.6) is 0 Å². The molecule has 0 saturated carbocycles. The van der Waals surface area contributed by atoms with E-state index in [1.807, 2.05) is 61.5 Å². The van der Waals surface area contributed by atoms with Gasteiger partial charge in [0.05, 0.1) is 13.7 Å². The second-order valence-electron chi connectivity index (χ2n) is 14.6. The van der Waals surface area contributed by atoms with Crippen molar-refractivity contribution in [2.75, 3.05) is 26.8 Å². The summed E-state index contributed by atoms with van der Waals surface area (Å²) in [5.41, 5.74) is 10.0. The van der Waals surface area contributed by atoms with Crippen molar-refractivity contribution in [3.05, 3.63) is 76.9 Å². The number of piperidine rings is 1. The Kier molecular flexibility index (Phi) is 15.2. The zero-order valence-electron chi connectivity index (χ0n) is 32.5. The van der Waals surface area contributed by atoms with E-state index in [4.69, 9.17) is 15.2 Å². The van der Waals surface area contributed by atoms with Crippen molar-refractivity contribution in [3.8, 4) is 0 Å². The highest BCUT2D eigenvalue weighted by Gasteiger charge is 2.40. The molecule has 5 atom stereocenters. The molecule has 0 spiro atoms. The van der Waals surface area contributed by atoms with Crippen LogP contribution < -0.4 is 32.3 Å². The summed E-state index contributed by atoms with van der Waals surface area (Å²) in [6, 6.07) is 10.5. The lowest BCUT2D eigenvalue weighted by Gasteiger charge is -2.37. The first kappa shape index (κ1) is 42.4. The molecule has 1 unspecified atom stereocenters. The van der Waals surface area contributed by atoms with Crippen LogP contribution in [0.3, 0.4) is 0 Å². The molecule has 0 radical (unpaired) electrons. The van der Waals surface area contributed by atoms with E-state index in [9.17, 15) is 33.6 Å². The molecular formula is C41H53N7O9. The van der Waals surface area contributed by atoms with Crippen molar-refractivity contribution >= 4 is 47.1 Å². The molecule has 1 aliphatic carbocycles. The molecule has 2 aromatic carbocycles. The predicted octanol–water partition coefficient (Wildman–Crippen LogP) is 1.28. The minimum atomic E-state index is -1.15.